The Morgan fingerprint density at radius 1 is 0.957 bits per heavy atom. The zero-order chi connectivity index (χ0) is 32.4. The molecule has 4 heterocycles. The van der Waals surface area contributed by atoms with Crippen LogP contribution in [0.4, 0.5) is 17.2 Å². The summed E-state index contributed by atoms with van der Waals surface area (Å²) in [7, 11) is 1.72. The van der Waals surface area contributed by atoms with E-state index in [-0.39, 0.29) is 17.4 Å². The Morgan fingerprint density at radius 3 is 2.48 bits per heavy atom. The molecular formula is C36H42N6O3S. The van der Waals surface area contributed by atoms with Crippen LogP contribution in [-0.4, -0.2) is 63.4 Å². The summed E-state index contributed by atoms with van der Waals surface area (Å²) < 4.78 is 1.54. The Morgan fingerprint density at radius 2 is 1.74 bits per heavy atom. The molecule has 2 N–H and O–H groups in total. The first-order chi connectivity index (χ1) is 22.2. The van der Waals surface area contributed by atoms with Gasteiger partial charge in [-0.1, -0.05) is 18.6 Å². The number of anilines is 3. The molecule has 2 amide bonds. The van der Waals surface area contributed by atoms with E-state index in [0.29, 0.717) is 36.2 Å². The lowest BCUT2D eigenvalue weighted by Gasteiger charge is -2.36. The van der Waals surface area contributed by atoms with Gasteiger partial charge in [-0.05, 0) is 93.5 Å². The van der Waals surface area contributed by atoms with Crippen molar-refractivity contribution < 1.29 is 9.59 Å². The molecule has 1 aromatic carbocycles. The minimum Gasteiger partial charge on any atom is -0.336 e. The molecule has 0 bridgehead atoms. The number of benzene rings is 1. The van der Waals surface area contributed by atoms with Crippen LogP contribution in [0.3, 0.4) is 0 Å². The first-order valence-corrected chi connectivity index (χ1v) is 17.0. The number of fused-ring (bicyclic) bond motifs is 1. The molecule has 1 fully saturated rings. The second kappa shape index (κ2) is 13.6. The minimum atomic E-state index is -0.201. The summed E-state index contributed by atoms with van der Waals surface area (Å²) in [5, 5.41) is 6.29. The van der Waals surface area contributed by atoms with Crippen molar-refractivity contribution in [3.63, 3.8) is 0 Å². The lowest BCUT2D eigenvalue weighted by Crippen LogP contribution is -2.50. The highest BCUT2D eigenvalue weighted by Gasteiger charge is 2.24. The zero-order valence-electron chi connectivity index (χ0n) is 27.1. The zero-order valence-corrected chi connectivity index (χ0v) is 27.9. The maximum atomic E-state index is 13.3. The van der Waals surface area contributed by atoms with Crippen LogP contribution in [-0.2, 0) is 19.9 Å². The lowest BCUT2D eigenvalue weighted by molar-refractivity contribution is 0.0595. The van der Waals surface area contributed by atoms with E-state index in [1.54, 1.807) is 42.9 Å². The summed E-state index contributed by atoms with van der Waals surface area (Å²) in [4.78, 5) is 50.3. The first kappa shape index (κ1) is 31.7. The number of pyridine rings is 2. The van der Waals surface area contributed by atoms with Crippen molar-refractivity contribution in [1.29, 1.82) is 0 Å². The largest absolute Gasteiger partial charge is 0.336 e. The number of hydrogen-bond donors (Lipinski definition) is 2. The predicted octanol–water partition coefficient (Wildman–Crippen LogP) is 6.25. The van der Waals surface area contributed by atoms with Crippen molar-refractivity contribution in [2.75, 3.05) is 36.8 Å². The van der Waals surface area contributed by atoms with E-state index in [1.165, 1.54) is 34.3 Å². The van der Waals surface area contributed by atoms with E-state index in [0.717, 1.165) is 53.2 Å². The van der Waals surface area contributed by atoms with E-state index >= 15 is 0 Å². The molecule has 1 saturated heterocycles. The van der Waals surface area contributed by atoms with Crippen LogP contribution in [0.5, 0.6) is 0 Å². The number of nitrogens with one attached hydrogen (secondary N) is 2. The van der Waals surface area contributed by atoms with Gasteiger partial charge in [0.15, 0.2) is 0 Å². The third kappa shape index (κ3) is 6.78. The topological polar surface area (TPSA) is 99.6 Å². The van der Waals surface area contributed by atoms with Crippen LogP contribution in [0.2, 0.25) is 0 Å². The normalized spacial score (nSPS) is 15.4. The molecule has 0 spiro atoms. The quantitative estimate of drug-likeness (QED) is 0.232. The van der Waals surface area contributed by atoms with E-state index in [1.807, 2.05) is 36.1 Å². The van der Waals surface area contributed by atoms with Crippen LogP contribution in [0.25, 0.3) is 11.1 Å². The van der Waals surface area contributed by atoms with Crippen molar-refractivity contribution in [1.82, 2.24) is 19.4 Å². The third-order valence-corrected chi connectivity index (χ3v) is 10.4. The van der Waals surface area contributed by atoms with Crippen molar-refractivity contribution in [3.8, 4) is 11.1 Å². The molecule has 6 rings (SSSR count). The Labute approximate surface area is 274 Å². The number of amides is 2. The van der Waals surface area contributed by atoms with Crippen molar-refractivity contribution in [2.45, 2.75) is 58.9 Å². The van der Waals surface area contributed by atoms with E-state index in [2.05, 4.69) is 40.4 Å². The molecule has 240 valence electrons. The fraction of sp³-hybridized carbons (Fsp3) is 0.389. The van der Waals surface area contributed by atoms with E-state index in [4.69, 9.17) is 0 Å². The average molecular weight is 639 g/mol. The molecule has 1 aliphatic carbocycles. The highest BCUT2D eigenvalue weighted by molar-refractivity contribution is 7.14. The Balaban J connectivity index is 1.17. The fourth-order valence-electron chi connectivity index (χ4n) is 6.35. The van der Waals surface area contributed by atoms with Gasteiger partial charge in [-0.15, -0.1) is 11.3 Å². The van der Waals surface area contributed by atoms with Crippen molar-refractivity contribution >= 4 is 40.3 Å². The van der Waals surface area contributed by atoms with Gasteiger partial charge < -0.3 is 20.1 Å². The maximum Gasteiger partial charge on any atom is 0.274 e. The molecule has 9 nitrogen and oxygen atoms in total. The number of carbonyl (C=O) groups is 2. The van der Waals surface area contributed by atoms with Gasteiger partial charge in [-0.2, -0.15) is 0 Å². The lowest BCUT2D eigenvalue weighted by atomic mass is 10.00. The Bertz CT molecular complexity index is 1780. The summed E-state index contributed by atoms with van der Waals surface area (Å²) >= 11 is 1.61. The van der Waals surface area contributed by atoms with Gasteiger partial charge in [0.1, 0.15) is 11.5 Å². The number of piperazine rings is 1. The van der Waals surface area contributed by atoms with Crippen LogP contribution < -0.4 is 16.2 Å². The highest BCUT2D eigenvalue weighted by atomic mass is 32.1. The number of aryl methyl sites for hydroxylation is 3. The summed E-state index contributed by atoms with van der Waals surface area (Å²) in [6.07, 6.45) is 9.08. The van der Waals surface area contributed by atoms with Gasteiger partial charge in [0.2, 0.25) is 0 Å². The molecule has 0 atom stereocenters. The Hall–Kier alpha value is -4.28. The van der Waals surface area contributed by atoms with Gasteiger partial charge in [-0.25, -0.2) is 4.98 Å². The summed E-state index contributed by atoms with van der Waals surface area (Å²) in [6, 6.07) is 13.6. The summed E-state index contributed by atoms with van der Waals surface area (Å²) in [5.41, 5.74) is 5.39. The smallest absolute Gasteiger partial charge is 0.274 e. The van der Waals surface area contributed by atoms with Gasteiger partial charge >= 0.3 is 0 Å². The van der Waals surface area contributed by atoms with Crippen LogP contribution in [0.15, 0.2) is 59.7 Å². The minimum absolute atomic E-state index is 0.0306. The molecule has 0 radical (unpaired) electrons. The number of rotatable bonds is 7. The standard InChI is InChI=1S/C36H42N6O3S/c1-23(2)41-15-17-42(18-16-41)35(44)26-13-14-33(37-21-26)38-30-19-27(22-40(4)36(30)45)28-10-8-11-29(24(28)3)39-34(43)32-20-25-9-6-5-7-12-31(25)46-32/h8,10-11,13-14,19-23H,5-7,9,12,15-18H2,1-4H3,(H,37,38)(H,39,43). The highest BCUT2D eigenvalue weighted by Crippen LogP contribution is 2.32. The predicted molar refractivity (Wildman–Crippen MR) is 186 cm³/mol. The average Bonchev–Trinajstić information content (AvgIpc) is 3.34. The van der Waals surface area contributed by atoms with E-state index < -0.39 is 0 Å². The van der Waals surface area contributed by atoms with Gasteiger partial charge in [0.05, 0.1) is 10.4 Å². The molecule has 0 saturated carbocycles. The van der Waals surface area contributed by atoms with E-state index in [9.17, 15) is 14.4 Å². The second-order valence-corrected chi connectivity index (χ2v) is 13.7. The second-order valence-electron chi connectivity index (χ2n) is 12.6. The van der Waals surface area contributed by atoms with Crippen LogP contribution in [0, 0.1) is 6.92 Å². The Kier molecular flexibility index (Phi) is 9.37. The van der Waals surface area contributed by atoms with Gasteiger partial charge in [-0.3, -0.25) is 19.3 Å². The maximum absolute atomic E-state index is 13.3. The molecule has 2 aliphatic rings. The molecule has 10 heteroatoms. The number of hydrogen-bond acceptors (Lipinski definition) is 7. The van der Waals surface area contributed by atoms with Gasteiger partial charge in [0.25, 0.3) is 17.4 Å². The molecule has 1 aliphatic heterocycles. The molecular weight excluding hydrogens is 597 g/mol. The summed E-state index contributed by atoms with van der Waals surface area (Å²) in [6.45, 7) is 9.44. The SMILES string of the molecule is Cc1c(NC(=O)c2cc3c(s2)CCCCC3)cccc1-c1cc(Nc2ccc(C(=O)N3CCN(C(C)C)CC3)cn2)c(=O)n(C)c1. The number of nitrogens with zero attached hydrogens (tertiary/aromatic N) is 4. The molecule has 0 unspecified atom stereocenters. The first-order valence-electron chi connectivity index (χ1n) is 16.2. The number of aromatic nitrogens is 2. The van der Waals surface area contributed by atoms with Crippen molar-refractivity contribution in [3.05, 3.63) is 91.7 Å². The fourth-order valence-corrected chi connectivity index (χ4v) is 7.50. The monoisotopic (exact) mass is 638 g/mol. The van der Waals surface area contributed by atoms with Crippen LogP contribution >= 0.6 is 11.3 Å². The van der Waals surface area contributed by atoms with Gasteiger partial charge in [0, 0.05) is 67.8 Å². The van der Waals surface area contributed by atoms with Crippen molar-refractivity contribution in [2.24, 2.45) is 7.05 Å². The number of carbonyl (C=O) groups excluding carboxylic acids is 2. The summed E-state index contributed by atoms with van der Waals surface area (Å²) in [5.74, 6) is 0.353. The molecule has 3 aromatic heterocycles. The van der Waals surface area contributed by atoms with Crippen LogP contribution in [0.1, 0.15) is 69.1 Å². The molecule has 4 aromatic rings. The molecule has 46 heavy (non-hydrogen) atoms. The number of thiophene rings is 1. The third-order valence-electron chi connectivity index (χ3n) is 9.15.